The van der Waals surface area contributed by atoms with Crippen LogP contribution in [0.2, 0.25) is 0 Å². The summed E-state index contributed by atoms with van der Waals surface area (Å²) in [5.41, 5.74) is 0. The number of aliphatic hydroxyl groups excluding tert-OH is 2. The van der Waals surface area contributed by atoms with Gasteiger partial charge in [-0.3, -0.25) is 0 Å². The summed E-state index contributed by atoms with van der Waals surface area (Å²) < 4.78 is 0. The second kappa shape index (κ2) is 9.44. The maximum atomic E-state index is 9.34. The molecule has 0 rings (SSSR count). The van der Waals surface area contributed by atoms with E-state index in [-0.39, 0.29) is 6.61 Å². The third kappa shape index (κ3) is 7.30. The molecule has 3 heteroatoms. The van der Waals surface area contributed by atoms with Crippen LogP contribution in [0, 0.1) is 0 Å². The molecule has 0 radical (unpaired) electrons. The van der Waals surface area contributed by atoms with Crippen molar-refractivity contribution in [3.05, 3.63) is 0 Å². The summed E-state index contributed by atoms with van der Waals surface area (Å²) in [6, 6.07) is 0. The Hall–Kier alpha value is -0.120. The Morgan fingerprint density at radius 2 is 1.57 bits per heavy atom. The van der Waals surface area contributed by atoms with Gasteiger partial charge in [0.1, 0.15) is 0 Å². The first-order valence-corrected chi connectivity index (χ1v) is 5.75. The average Bonchev–Trinajstić information content (AvgIpc) is 2.21. The predicted molar refractivity (Wildman–Crippen MR) is 59.3 cm³/mol. The van der Waals surface area contributed by atoms with Crippen molar-refractivity contribution in [3.63, 3.8) is 0 Å². The number of hydrogen-bond acceptors (Lipinski definition) is 3. The molecule has 0 bridgehead atoms. The standard InChI is InChI=1S/C11H25NO2/c1-3-5-7-12(8-6-4-2)9-11(14)10-13/h11,13-14H,3-10H2,1-2H3. The quantitative estimate of drug-likeness (QED) is 0.592. The average molecular weight is 203 g/mol. The number of aliphatic hydroxyl groups is 2. The zero-order chi connectivity index (χ0) is 10.8. The first kappa shape index (κ1) is 13.9. The molecule has 1 unspecified atom stereocenters. The fourth-order valence-corrected chi connectivity index (χ4v) is 1.41. The van der Waals surface area contributed by atoms with Gasteiger partial charge >= 0.3 is 0 Å². The summed E-state index contributed by atoms with van der Waals surface area (Å²) in [6.45, 7) is 6.88. The van der Waals surface area contributed by atoms with Crippen molar-refractivity contribution in [1.29, 1.82) is 0 Å². The SMILES string of the molecule is CCCCN(CCCC)CC(O)CO. The van der Waals surface area contributed by atoms with Gasteiger partial charge in [-0.05, 0) is 25.9 Å². The van der Waals surface area contributed by atoms with Crippen molar-refractivity contribution in [2.75, 3.05) is 26.2 Å². The van der Waals surface area contributed by atoms with Gasteiger partial charge in [0.25, 0.3) is 0 Å². The van der Waals surface area contributed by atoms with Crippen LogP contribution in [0.3, 0.4) is 0 Å². The van der Waals surface area contributed by atoms with Gasteiger partial charge in [0.05, 0.1) is 12.7 Å². The Kier molecular flexibility index (Phi) is 9.35. The second-order valence-corrected chi connectivity index (χ2v) is 3.84. The summed E-state index contributed by atoms with van der Waals surface area (Å²) in [6.07, 6.45) is 4.11. The van der Waals surface area contributed by atoms with Gasteiger partial charge in [-0.1, -0.05) is 26.7 Å². The monoisotopic (exact) mass is 203 g/mol. The third-order valence-electron chi connectivity index (χ3n) is 2.34. The van der Waals surface area contributed by atoms with Crippen molar-refractivity contribution in [1.82, 2.24) is 4.90 Å². The molecule has 2 N–H and O–H groups in total. The molecule has 1 atom stereocenters. The van der Waals surface area contributed by atoms with Crippen molar-refractivity contribution in [2.24, 2.45) is 0 Å². The molecule has 0 aliphatic heterocycles. The minimum Gasteiger partial charge on any atom is -0.394 e. The third-order valence-corrected chi connectivity index (χ3v) is 2.34. The Labute approximate surface area is 87.7 Å². The van der Waals surface area contributed by atoms with Crippen LogP contribution in [0.4, 0.5) is 0 Å². The van der Waals surface area contributed by atoms with E-state index in [0.29, 0.717) is 6.54 Å². The molecule has 0 saturated heterocycles. The summed E-state index contributed by atoms with van der Waals surface area (Å²) in [5.74, 6) is 0. The number of hydrogen-bond donors (Lipinski definition) is 2. The highest BCUT2D eigenvalue weighted by Crippen LogP contribution is 2.00. The van der Waals surface area contributed by atoms with Crippen molar-refractivity contribution < 1.29 is 10.2 Å². The molecule has 86 valence electrons. The van der Waals surface area contributed by atoms with Gasteiger partial charge in [-0.2, -0.15) is 0 Å². The smallest absolute Gasteiger partial charge is 0.0897 e. The fraction of sp³-hybridized carbons (Fsp3) is 1.00. The van der Waals surface area contributed by atoms with Crippen molar-refractivity contribution >= 4 is 0 Å². The molecule has 14 heavy (non-hydrogen) atoms. The lowest BCUT2D eigenvalue weighted by Crippen LogP contribution is -2.35. The van der Waals surface area contributed by atoms with E-state index in [2.05, 4.69) is 18.7 Å². The van der Waals surface area contributed by atoms with E-state index >= 15 is 0 Å². The molecule has 3 nitrogen and oxygen atoms in total. The van der Waals surface area contributed by atoms with Gasteiger partial charge in [0.15, 0.2) is 0 Å². The highest BCUT2D eigenvalue weighted by Gasteiger charge is 2.09. The van der Waals surface area contributed by atoms with Crippen molar-refractivity contribution in [3.8, 4) is 0 Å². The lowest BCUT2D eigenvalue weighted by molar-refractivity contribution is 0.0582. The van der Waals surface area contributed by atoms with Gasteiger partial charge in [0.2, 0.25) is 0 Å². The van der Waals surface area contributed by atoms with E-state index in [1.54, 1.807) is 0 Å². The fourth-order valence-electron chi connectivity index (χ4n) is 1.41. The van der Waals surface area contributed by atoms with Crippen LogP contribution in [0.5, 0.6) is 0 Å². The molecule has 0 aromatic heterocycles. The molecule has 0 aliphatic carbocycles. The Bertz CT molecular complexity index is 112. The predicted octanol–water partition coefficient (Wildman–Crippen LogP) is 1.24. The van der Waals surface area contributed by atoms with Crippen LogP contribution in [0.1, 0.15) is 39.5 Å². The Balaban J connectivity index is 3.71. The number of rotatable bonds is 9. The van der Waals surface area contributed by atoms with E-state index in [4.69, 9.17) is 5.11 Å². The first-order chi connectivity index (χ1) is 6.74. The van der Waals surface area contributed by atoms with Crippen LogP contribution in [-0.2, 0) is 0 Å². The van der Waals surface area contributed by atoms with Crippen molar-refractivity contribution in [2.45, 2.75) is 45.6 Å². The molecular formula is C11H25NO2. The van der Waals surface area contributed by atoms with Crippen LogP contribution in [-0.4, -0.2) is 47.5 Å². The largest absolute Gasteiger partial charge is 0.394 e. The Morgan fingerprint density at radius 3 is 1.93 bits per heavy atom. The normalized spacial score (nSPS) is 13.5. The number of nitrogens with zero attached hydrogens (tertiary/aromatic N) is 1. The van der Waals surface area contributed by atoms with Gasteiger partial charge < -0.3 is 15.1 Å². The molecule has 0 aliphatic rings. The molecular weight excluding hydrogens is 178 g/mol. The van der Waals surface area contributed by atoms with E-state index in [0.717, 1.165) is 13.1 Å². The van der Waals surface area contributed by atoms with Crippen LogP contribution in [0.25, 0.3) is 0 Å². The molecule has 0 spiro atoms. The lowest BCUT2D eigenvalue weighted by Gasteiger charge is -2.23. The molecule has 0 heterocycles. The highest BCUT2D eigenvalue weighted by atomic mass is 16.3. The summed E-state index contributed by atoms with van der Waals surface area (Å²) in [7, 11) is 0. The van der Waals surface area contributed by atoms with Gasteiger partial charge in [0, 0.05) is 6.54 Å². The van der Waals surface area contributed by atoms with Crippen LogP contribution in [0.15, 0.2) is 0 Å². The van der Waals surface area contributed by atoms with E-state index < -0.39 is 6.10 Å². The van der Waals surface area contributed by atoms with Crippen LogP contribution < -0.4 is 0 Å². The minimum absolute atomic E-state index is 0.130. The minimum atomic E-state index is -0.580. The molecule has 0 saturated carbocycles. The summed E-state index contributed by atoms with van der Waals surface area (Å²) >= 11 is 0. The lowest BCUT2D eigenvalue weighted by atomic mass is 10.2. The summed E-state index contributed by atoms with van der Waals surface area (Å²) in [5, 5.41) is 18.1. The topological polar surface area (TPSA) is 43.7 Å². The first-order valence-electron chi connectivity index (χ1n) is 5.75. The molecule has 0 amide bonds. The van der Waals surface area contributed by atoms with Crippen LogP contribution >= 0.6 is 0 Å². The van der Waals surface area contributed by atoms with Gasteiger partial charge in [-0.15, -0.1) is 0 Å². The van der Waals surface area contributed by atoms with E-state index in [1.165, 1.54) is 25.7 Å². The zero-order valence-electron chi connectivity index (χ0n) is 9.58. The molecule has 0 aromatic rings. The van der Waals surface area contributed by atoms with E-state index in [9.17, 15) is 5.11 Å². The zero-order valence-corrected chi connectivity index (χ0v) is 9.58. The Morgan fingerprint density at radius 1 is 1.07 bits per heavy atom. The van der Waals surface area contributed by atoms with E-state index in [1.807, 2.05) is 0 Å². The number of unbranched alkanes of at least 4 members (excludes halogenated alkanes) is 2. The molecule has 0 aromatic carbocycles. The highest BCUT2D eigenvalue weighted by molar-refractivity contribution is 4.63. The molecule has 0 fully saturated rings. The second-order valence-electron chi connectivity index (χ2n) is 3.84. The maximum absolute atomic E-state index is 9.34. The maximum Gasteiger partial charge on any atom is 0.0897 e. The van der Waals surface area contributed by atoms with Gasteiger partial charge in [-0.25, -0.2) is 0 Å². The summed E-state index contributed by atoms with van der Waals surface area (Å²) in [4.78, 5) is 2.24.